The Morgan fingerprint density at radius 2 is 1.51 bits per heavy atom. The van der Waals surface area contributed by atoms with Crippen LogP contribution >= 0.6 is 11.8 Å². The summed E-state index contributed by atoms with van der Waals surface area (Å²) < 4.78 is 5.30. The molecule has 1 atom stereocenters. The number of ether oxygens (including phenoxy) is 1. The second-order valence-electron chi connectivity index (χ2n) is 9.63. The van der Waals surface area contributed by atoms with Crippen molar-refractivity contribution in [1.29, 1.82) is 0 Å². The minimum atomic E-state index is -1.09. The molecule has 0 radical (unpaired) electrons. The SMILES string of the molecule is COc1ccc(N2C(=O)CS[C@@]23C(=O)N(CN2CCN(Cc4ccccc4)CC2)c2ccccc23)cc1. The lowest BCUT2D eigenvalue weighted by atomic mass is 10.0. The number of rotatable bonds is 6. The quantitative estimate of drug-likeness (QED) is 0.500. The summed E-state index contributed by atoms with van der Waals surface area (Å²) in [6, 6.07) is 25.8. The van der Waals surface area contributed by atoms with Crippen LogP contribution in [0, 0.1) is 0 Å². The standard InChI is InChI=1S/C29H30N4O3S/c1-36-24-13-11-23(12-14-24)33-27(34)20-37-29(33)25-9-5-6-10-26(25)32(28(29)35)21-31-17-15-30(16-18-31)19-22-7-3-2-4-8-22/h2-14H,15-21H2,1H3/t29-/m0/s1. The van der Waals surface area contributed by atoms with Gasteiger partial charge in [-0.25, -0.2) is 0 Å². The molecule has 0 aliphatic carbocycles. The van der Waals surface area contributed by atoms with Gasteiger partial charge in [0.05, 0.1) is 25.2 Å². The molecule has 0 bridgehead atoms. The molecule has 6 rings (SSSR count). The normalized spacial score (nSPS) is 22.2. The van der Waals surface area contributed by atoms with Crippen molar-refractivity contribution in [3.8, 4) is 5.75 Å². The molecule has 37 heavy (non-hydrogen) atoms. The van der Waals surface area contributed by atoms with Crippen molar-refractivity contribution in [3.63, 3.8) is 0 Å². The summed E-state index contributed by atoms with van der Waals surface area (Å²) in [5.74, 6) is 0.864. The topological polar surface area (TPSA) is 56.3 Å². The number of anilines is 2. The number of hydrogen-bond donors (Lipinski definition) is 0. The van der Waals surface area contributed by atoms with Crippen LogP contribution in [0.15, 0.2) is 78.9 Å². The Balaban J connectivity index is 1.23. The van der Waals surface area contributed by atoms with E-state index in [1.54, 1.807) is 12.0 Å². The van der Waals surface area contributed by atoms with Gasteiger partial charge < -0.3 is 4.74 Å². The zero-order valence-electron chi connectivity index (χ0n) is 20.9. The average molecular weight is 515 g/mol. The molecule has 7 nitrogen and oxygen atoms in total. The molecule has 3 aliphatic heterocycles. The summed E-state index contributed by atoms with van der Waals surface area (Å²) in [6.45, 7) is 5.14. The highest BCUT2D eigenvalue weighted by Crippen LogP contribution is 2.55. The third-order valence-electron chi connectivity index (χ3n) is 7.45. The molecule has 3 aromatic rings. The molecular weight excluding hydrogens is 484 g/mol. The van der Waals surface area contributed by atoms with Gasteiger partial charge in [-0.1, -0.05) is 48.5 Å². The second-order valence-corrected chi connectivity index (χ2v) is 10.8. The lowest BCUT2D eigenvalue weighted by Gasteiger charge is -2.37. The minimum absolute atomic E-state index is 0.0490. The van der Waals surface area contributed by atoms with Crippen molar-refractivity contribution in [2.24, 2.45) is 0 Å². The van der Waals surface area contributed by atoms with Gasteiger partial charge in [0, 0.05) is 44.0 Å². The van der Waals surface area contributed by atoms with Gasteiger partial charge in [-0.15, -0.1) is 11.8 Å². The van der Waals surface area contributed by atoms with Crippen LogP contribution < -0.4 is 14.5 Å². The Labute approximate surface area is 221 Å². The second kappa shape index (κ2) is 9.85. The van der Waals surface area contributed by atoms with Crippen LogP contribution in [0.4, 0.5) is 11.4 Å². The first-order chi connectivity index (χ1) is 18.1. The van der Waals surface area contributed by atoms with Gasteiger partial charge in [0.2, 0.25) is 10.8 Å². The van der Waals surface area contributed by atoms with Gasteiger partial charge in [0.25, 0.3) is 5.91 Å². The van der Waals surface area contributed by atoms with E-state index in [0.29, 0.717) is 18.1 Å². The van der Waals surface area contributed by atoms with Crippen molar-refractivity contribution >= 4 is 35.0 Å². The van der Waals surface area contributed by atoms with E-state index in [-0.39, 0.29) is 17.6 Å². The first kappa shape index (κ1) is 24.0. The van der Waals surface area contributed by atoms with Gasteiger partial charge >= 0.3 is 0 Å². The van der Waals surface area contributed by atoms with Crippen LogP contribution in [0.5, 0.6) is 5.75 Å². The molecule has 0 saturated carbocycles. The van der Waals surface area contributed by atoms with E-state index in [0.717, 1.165) is 44.0 Å². The summed E-state index contributed by atoms with van der Waals surface area (Å²) in [5.41, 5.74) is 3.80. The fraction of sp³-hybridized carbons (Fsp3) is 0.310. The highest BCUT2D eigenvalue weighted by molar-refractivity contribution is 8.02. The smallest absolute Gasteiger partial charge is 0.269 e. The fourth-order valence-electron chi connectivity index (χ4n) is 5.56. The molecule has 8 heteroatoms. The van der Waals surface area contributed by atoms with Crippen molar-refractivity contribution in [2.75, 3.05) is 55.5 Å². The number of hydrogen-bond acceptors (Lipinski definition) is 6. The van der Waals surface area contributed by atoms with E-state index in [1.165, 1.54) is 17.3 Å². The van der Waals surface area contributed by atoms with Gasteiger partial charge in [-0.05, 0) is 35.9 Å². The van der Waals surface area contributed by atoms with E-state index >= 15 is 0 Å². The average Bonchev–Trinajstić information content (AvgIpc) is 3.41. The fourth-order valence-corrected chi connectivity index (χ4v) is 6.92. The van der Waals surface area contributed by atoms with E-state index in [9.17, 15) is 9.59 Å². The molecule has 2 amide bonds. The van der Waals surface area contributed by atoms with E-state index in [4.69, 9.17) is 4.74 Å². The van der Waals surface area contributed by atoms with Crippen LogP contribution in [0.1, 0.15) is 11.1 Å². The van der Waals surface area contributed by atoms with Crippen LogP contribution in [-0.2, 0) is 21.0 Å². The van der Waals surface area contributed by atoms with Crippen molar-refractivity contribution in [3.05, 3.63) is 90.0 Å². The summed E-state index contributed by atoms with van der Waals surface area (Å²) in [6.07, 6.45) is 0. The molecular formula is C29H30N4O3S. The summed E-state index contributed by atoms with van der Waals surface area (Å²) >= 11 is 1.42. The zero-order valence-corrected chi connectivity index (χ0v) is 21.7. The van der Waals surface area contributed by atoms with Gasteiger partial charge in [-0.2, -0.15) is 0 Å². The van der Waals surface area contributed by atoms with Crippen molar-refractivity contribution in [1.82, 2.24) is 9.80 Å². The van der Waals surface area contributed by atoms with Crippen LogP contribution in [-0.4, -0.2) is 67.3 Å². The maximum absolute atomic E-state index is 14.3. The number of nitrogens with zero attached hydrogens (tertiary/aromatic N) is 4. The lowest BCUT2D eigenvalue weighted by molar-refractivity contribution is -0.124. The number of carbonyl (C=O) groups is 2. The first-order valence-corrected chi connectivity index (χ1v) is 13.6. The Kier molecular flexibility index (Phi) is 6.40. The number of benzene rings is 3. The van der Waals surface area contributed by atoms with Crippen LogP contribution in [0.25, 0.3) is 0 Å². The Hall–Kier alpha value is -3.33. The third kappa shape index (κ3) is 4.19. The maximum atomic E-state index is 14.3. The highest BCUT2D eigenvalue weighted by atomic mass is 32.2. The molecule has 190 valence electrons. The Morgan fingerprint density at radius 3 is 2.24 bits per heavy atom. The molecule has 3 aromatic carbocycles. The number of fused-ring (bicyclic) bond motifs is 2. The zero-order chi connectivity index (χ0) is 25.4. The number of amides is 2. The van der Waals surface area contributed by atoms with Crippen molar-refractivity contribution < 1.29 is 14.3 Å². The minimum Gasteiger partial charge on any atom is -0.497 e. The van der Waals surface area contributed by atoms with E-state index in [2.05, 4.69) is 34.1 Å². The molecule has 3 heterocycles. The first-order valence-electron chi connectivity index (χ1n) is 12.6. The molecule has 3 aliphatic rings. The monoisotopic (exact) mass is 514 g/mol. The predicted molar refractivity (Wildman–Crippen MR) is 147 cm³/mol. The number of thioether (sulfide) groups is 1. The third-order valence-corrected chi connectivity index (χ3v) is 8.84. The van der Waals surface area contributed by atoms with Gasteiger partial charge in [-0.3, -0.25) is 29.2 Å². The molecule has 0 aromatic heterocycles. The molecule has 2 saturated heterocycles. The summed E-state index contributed by atoms with van der Waals surface area (Å²) in [4.78, 5) is 34.8. The highest BCUT2D eigenvalue weighted by Gasteiger charge is 2.61. The number of methoxy groups -OCH3 is 1. The van der Waals surface area contributed by atoms with Gasteiger partial charge in [0.15, 0.2) is 0 Å². The maximum Gasteiger partial charge on any atom is 0.269 e. The van der Waals surface area contributed by atoms with Gasteiger partial charge in [0.1, 0.15) is 5.75 Å². The number of carbonyl (C=O) groups excluding carboxylic acids is 2. The van der Waals surface area contributed by atoms with Crippen LogP contribution in [0.2, 0.25) is 0 Å². The number of piperazine rings is 1. The number of para-hydroxylation sites is 1. The Morgan fingerprint density at radius 1 is 0.838 bits per heavy atom. The van der Waals surface area contributed by atoms with Crippen molar-refractivity contribution in [2.45, 2.75) is 11.4 Å². The molecule has 1 spiro atoms. The van der Waals surface area contributed by atoms with Crippen LogP contribution in [0.3, 0.4) is 0 Å². The molecule has 2 fully saturated rings. The molecule has 0 unspecified atom stereocenters. The lowest BCUT2D eigenvalue weighted by Crippen LogP contribution is -2.54. The predicted octanol–water partition coefficient (Wildman–Crippen LogP) is 3.75. The van der Waals surface area contributed by atoms with E-state index in [1.807, 2.05) is 59.5 Å². The largest absolute Gasteiger partial charge is 0.497 e. The van der Waals surface area contributed by atoms with E-state index < -0.39 is 4.87 Å². The summed E-state index contributed by atoms with van der Waals surface area (Å²) in [7, 11) is 1.61. The summed E-state index contributed by atoms with van der Waals surface area (Å²) in [5, 5.41) is 0. The Bertz CT molecular complexity index is 1290. The molecule has 0 N–H and O–H groups in total.